The highest BCUT2D eigenvalue weighted by Crippen LogP contribution is 2.27. The molecule has 0 saturated carbocycles. The lowest BCUT2D eigenvalue weighted by atomic mass is 9.96. The number of likely N-dealkylation sites (tertiary alicyclic amines) is 1. The van der Waals surface area contributed by atoms with Crippen LogP contribution >= 0.6 is 0 Å². The number of pyridine rings is 1. The Morgan fingerprint density at radius 1 is 1.21 bits per heavy atom. The van der Waals surface area contributed by atoms with Gasteiger partial charge in [-0.3, -0.25) is 14.5 Å². The lowest BCUT2D eigenvalue weighted by Gasteiger charge is -2.30. The van der Waals surface area contributed by atoms with Crippen molar-refractivity contribution in [2.45, 2.75) is 33.2 Å². The quantitative estimate of drug-likeness (QED) is 0.571. The number of fused-ring (bicyclic) bond motifs is 1. The zero-order chi connectivity index (χ0) is 23.5. The Hall–Kier alpha value is -3.46. The molecule has 1 saturated heterocycles. The van der Waals surface area contributed by atoms with E-state index in [0.717, 1.165) is 60.3 Å². The van der Waals surface area contributed by atoms with E-state index in [-0.39, 0.29) is 24.3 Å². The summed E-state index contributed by atoms with van der Waals surface area (Å²) >= 11 is 0. The van der Waals surface area contributed by atoms with E-state index in [1.165, 1.54) is 0 Å². The number of piperidine rings is 1. The lowest BCUT2D eigenvalue weighted by Crippen LogP contribution is -2.38. The summed E-state index contributed by atoms with van der Waals surface area (Å²) in [4.78, 5) is 30.7. The molecule has 0 unspecified atom stereocenters. The Morgan fingerprint density at radius 2 is 1.97 bits per heavy atom. The summed E-state index contributed by atoms with van der Waals surface area (Å²) in [6.45, 7) is 6.20. The third kappa shape index (κ3) is 5.31. The molecular formula is C24H30N6O3. The number of anilines is 1. The maximum atomic E-state index is 12.5. The monoisotopic (exact) mass is 450 g/mol. The van der Waals surface area contributed by atoms with Crippen LogP contribution in [0, 0.1) is 19.8 Å². The average Bonchev–Trinajstić information content (AvgIpc) is 3.08. The molecular weight excluding hydrogens is 420 g/mol. The molecule has 174 valence electrons. The molecule has 3 aromatic rings. The predicted octanol–water partition coefficient (Wildman–Crippen LogP) is 2.30. The second-order valence-electron chi connectivity index (χ2n) is 8.70. The van der Waals surface area contributed by atoms with E-state index in [2.05, 4.69) is 20.3 Å². The van der Waals surface area contributed by atoms with Crippen molar-refractivity contribution in [1.29, 1.82) is 0 Å². The normalized spacial score (nSPS) is 15.0. The van der Waals surface area contributed by atoms with Gasteiger partial charge in [0.1, 0.15) is 0 Å². The van der Waals surface area contributed by atoms with Gasteiger partial charge < -0.3 is 15.8 Å². The number of ether oxygens (including phenoxy) is 1. The minimum absolute atomic E-state index is 0.0216. The first-order valence-corrected chi connectivity index (χ1v) is 11.1. The Kier molecular flexibility index (Phi) is 6.60. The molecule has 1 aromatic carbocycles. The van der Waals surface area contributed by atoms with Crippen LogP contribution in [-0.4, -0.2) is 51.2 Å². The van der Waals surface area contributed by atoms with Crippen molar-refractivity contribution in [3.63, 3.8) is 0 Å². The first kappa shape index (κ1) is 22.7. The second kappa shape index (κ2) is 9.58. The molecule has 0 spiro atoms. The highest BCUT2D eigenvalue weighted by Gasteiger charge is 2.23. The molecule has 2 aromatic heterocycles. The average molecular weight is 451 g/mol. The summed E-state index contributed by atoms with van der Waals surface area (Å²) in [5.41, 5.74) is 9.88. The number of rotatable bonds is 7. The van der Waals surface area contributed by atoms with Crippen molar-refractivity contribution in [3.05, 3.63) is 47.2 Å². The summed E-state index contributed by atoms with van der Waals surface area (Å²) in [7, 11) is 1.81. The Morgan fingerprint density at radius 3 is 2.70 bits per heavy atom. The molecule has 1 aliphatic rings. The number of benzene rings is 1. The van der Waals surface area contributed by atoms with Gasteiger partial charge in [0, 0.05) is 30.9 Å². The summed E-state index contributed by atoms with van der Waals surface area (Å²) in [5, 5.41) is 8.10. The maximum Gasteiger partial charge on any atom is 0.262 e. The van der Waals surface area contributed by atoms with Gasteiger partial charge in [-0.25, -0.2) is 9.67 Å². The number of nitrogens with two attached hydrogens (primary N) is 1. The van der Waals surface area contributed by atoms with E-state index in [1.807, 2.05) is 51.2 Å². The molecule has 0 aliphatic carbocycles. The number of nitrogens with zero attached hydrogens (tertiary/aromatic N) is 4. The number of nitrogens with one attached hydrogen (secondary N) is 1. The van der Waals surface area contributed by atoms with Gasteiger partial charge in [-0.1, -0.05) is 12.1 Å². The SMILES string of the molecule is Cc1cc(C)c2c(OCC(=O)Nc3cccc(CN4CCC(C(N)=O)CC4)c3)nn(C)c2n1. The predicted molar refractivity (Wildman–Crippen MR) is 126 cm³/mol. The van der Waals surface area contributed by atoms with Crippen LogP contribution in [0.25, 0.3) is 11.0 Å². The number of aromatic nitrogens is 3. The van der Waals surface area contributed by atoms with E-state index in [1.54, 1.807) is 4.68 Å². The van der Waals surface area contributed by atoms with Crippen molar-refractivity contribution in [2.75, 3.05) is 25.0 Å². The minimum atomic E-state index is -0.258. The van der Waals surface area contributed by atoms with E-state index in [9.17, 15) is 9.59 Å². The molecule has 1 fully saturated rings. The number of carbonyl (C=O) groups is 2. The molecule has 0 bridgehead atoms. The fraction of sp³-hybridized carbons (Fsp3) is 0.417. The highest BCUT2D eigenvalue weighted by atomic mass is 16.5. The zero-order valence-electron chi connectivity index (χ0n) is 19.3. The highest BCUT2D eigenvalue weighted by molar-refractivity contribution is 5.92. The number of hydrogen-bond acceptors (Lipinski definition) is 6. The number of primary amides is 1. The first-order chi connectivity index (χ1) is 15.8. The second-order valence-corrected chi connectivity index (χ2v) is 8.70. The molecule has 1 aliphatic heterocycles. The van der Waals surface area contributed by atoms with E-state index >= 15 is 0 Å². The molecule has 33 heavy (non-hydrogen) atoms. The van der Waals surface area contributed by atoms with Gasteiger partial charge in [0.25, 0.3) is 5.91 Å². The van der Waals surface area contributed by atoms with Crippen molar-refractivity contribution in [2.24, 2.45) is 18.7 Å². The first-order valence-electron chi connectivity index (χ1n) is 11.1. The summed E-state index contributed by atoms with van der Waals surface area (Å²) < 4.78 is 7.41. The van der Waals surface area contributed by atoms with Gasteiger partial charge in [-0.2, -0.15) is 0 Å². The Labute approximate surface area is 192 Å². The summed E-state index contributed by atoms with van der Waals surface area (Å²) in [6, 6.07) is 9.74. The van der Waals surface area contributed by atoms with Gasteiger partial charge in [-0.05, 0) is 69.1 Å². The number of carbonyl (C=O) groups excluding carboxylic acids is 2. The van der Waals surface area contributed by atoms with Crippen molar-refractivity contribution >= 4 is 28.5 Å². The van der Waals surface area contributed by atoms with Crippen molar-refractivity contribution in [1.82, 2.24) is 19.7 Å². The van der Waals surface area contributed by atoms with Gasteiger partial charge in [0.2, 0.25) is 11.8 Å². The van der Waals surface area contributed by atoms with Gasteiger partial charge in [0.15, 0.2) is 12.3 Å². The number of amides is 2. The van der Waals surface area contributed by atoms with E-state index in [0.29, 0.717) is 11.6 Å². The fourth-order valence-corrected chi connectivity index (χ4v) is 4.36. The largest absolute Gasteiger partial charge is 0.466 e. The van der Waals surface area contributed by atoms with Gasteiger partial charge in [-0.15, -0.1) is 5.10 Å². The van der Waals surface area contributed by atoms with Crippen LogP contribution in [0.1, 0.15) is 29.7 Å². The topological polar surface area (TPSA) is 115 Å². The molecule has 3 heterocycles. The van der Waals surface area contributed by atoms with Crippen LogP contribution in [0.5, 0.6) is 5.88 Å². The van der Waals surface area contributed by atoms with E-state index in [4.69, 9.17) is 10.5 Å². The van der Waals surface area contributed by atoms with Crippen LogP contribution in [-0.2, 0) is 23.2 Å². The van der Waals surface area contributed by atoms with Crippen molar-refractivity contribution < 1.29 is 14.3 Å². The summed E-state index contributed by atoms with van der Waals surface area (Å²) in [6.07, 6.45) is 1.58. The zero-order valence-corrected chi connectivity index (χ0v) is 19.3. The van der Waals surface area contributed by atoms with E-state index < -0.39 is 0 Å². The lowest BCUT2D eigenvalue weighted by molar-refractivity contribution is -0.123. The van der Waals surface area contributed by atoms with Crippen LogP contribution < -0.4 is 15.8 Å². The maximum absolute atomic E-state index is 12.5. The van der Waals surface area contributed by atoms with Gasteiger partial charge >= 0.3 is 0 Å². The Balaban J connectivity index is 1.34. The van der Waals surface area contributed by atoms with Crippen molar-refractivity contribution in [3.8, 4) is 5.88 Å². The van der Waals surface area contributed by atoms with Crippen LogP contribution in [0.15, 0.2) is 30.3 Å². The minimum Gasteiger partial charge on any atom is -0.466 e. The third-order valence-corrected chi connectivity index (χ3v) is 6.03. The molecule has 4 rings (SSSR count). The third-order valence-electron chi connectivity index (χ3n) is 6.03. The van der Waals surface area contributed by atoms with Gasteiger partial charge in [0.05, 0.1) is 5.39 Å². The molecule has 9 heteroatoms. The number of aryl methyl sites for hydroxylation is 3. The standard InChI is InChI=1S/C24H30N6O3/c1-15-11-16(2)26-23-21(15)24(28-29(23)3)33-14-20(31)27-19-6-4-5-17(12-19)13-30-9-7-18(8-10-30)22(25)32/h4-6,11-12,18H,7-10,13-14H2,1-3H3,(H2,25,32)(H,27,31). The molecule has 0 radical (unpaired) electrons. The van der Waals surface area contributed by atoms with Crippen LogP contribution in [0.4, 0.5) is 5.69 Å². The fourth-order valence-electron chi connectivity index (χ4n) is 4.36. The summed E-state index contributed by atoms with van der Waals surface area (Å²) in [5.74, 6) is -0.0831. The molecule has 0 atom stereocenters. The number of hydrogen-bond donors (Lipinski definition) is 2. The molecule has 3 N–H and O–H groups in total. The Bertz CT molecular complexity index is 1180. The molecule has 2 amide bonds. The van der Waals surface area contributed by atoms with Crippen LogP contribution in [0.3, 0.4) is 0 Å². The smallest absolute Gasteiger partial charge is 0.262 e. The van der Waals surface area contributed by atoms with Crippen LogP contribution in [0.2, 0.25) is 0 Å². The molecule has 9 nitrogen and oxygen atoms in total.